The van der Waals surface area contributed by atoms with Gasteiger partial charge in [-0.1, -0.05) is 269 Å². The van der Waals surface area contributed by atoms with Crippen LogP contribution in [0.5, 0.6) is 0 Å². The van der Waals surface area contributed by atoms with Gasteiger partial charge in [0.15, 0.2) is 6.29 Å². The van der Waals surface area contributed by atoms with E-state index in [1.807, 2.05) is 6.08 Å². The molecular weight excluding hydrogens is 839 g/mol. The lowest BCUT2D eigenvalue weighted by Gasteiger charge is -2.40. The molecular formula is C58H111NO8. The summed E-state index contributed by atoms with van der Waals surface area (Å²) in [5.74, 6) is -0.180. The van der Waals surface area contributed by atoms with Gasteiger partial charge in [-0.15, -0.1) is 0 Å². The zero-order valence-corrected chi connectivity index (χ0v) is 43.9. The number of aliphatic hydroxyl groups is 5. The fourth-order valence-corrected chi connectivity index (χ4v) is 9.41. The molecule has 1 aliphatic rings. The molecule has 396 valence electrons. The Kier molecular flexibility index (Phi) is 45.9. The minimum atomic E-state index is -1.57. The molecule has 1 amide bonds. The fourth-order valence-electron chi connectivity index (χ4n) is 9.41. The predicted molar refractivity (Wildman–Crippen MR) is 281 cm³/mol. The van der Waals surface area contributed by atoms with Crippen LogP contribution in [-0.4, -0.2) is 87.5 Å². The minimum Gasteiger partial charge on any atom is -0.394 e. The number of hydrogen-bond acceptors (Lipinski definition) is 8. The van der Waals surface area contributed by atoms with Crippen molar-refractivity contribution in [3.05, 3.63) is 24.3 Å². The average molecular weight is 951 g/mol. The summed E-state index contributed by atoms with van der Waals surface area (Å²) in [7, 11) is 0. The van der Waals surface area contributed by atoms with Gasteiger partial charge in [-0.3, -0.25) is 4.79 Å². The SMILES string of the molecule is CCCCCCCCCCCCCCCC/C=C/CC/C=C/C(O)C(COC1OC(CO)C(O)C(O)C1O)NC(=O)CCCCCCCCCCCCCCCCCCCCCCCCCC. The van der Waals surface area contributed by atoms with E-state index in [9.17, 15) is 30.3 Å². The van der Waals surface area contributed by atoms with Gasteiger partial charge in [0.05, 0.1) is 25.4 Å². The van der Waals surface area contributed by atoms with Crippen molar-refractivity contribution < 1.29 is 39.8 Å². The maximum Gasteiger partial charge on any atom is 0.220 e. The molecule has 1 saturated heterocycles. The van der Waals surface area contributed by atoms with Crippen molar-refractivity contribution in [2.45, 2.75) is 326 Å². The molecule has 1 fully saturated rings. The maximum atomic E-state index is 13.1. The number of hydrogen-bond donors (Lipinski definition) is 6. The van der Waals surface area contributed by atoms with Crippen LogP contribution in [-0.2, 0) is 14.3 Å². The molecule has 1 rings (SSSR count). The molecule has 9 heteroatoms. The van der Waals surface area contributed by atoms with E-state index < -0.39 is 49.5 Å². The second kappa shape index (κ2) is 48.3. The average Bonchev–Trinajstić information content (AvgIpc) is 3.33. The summed E-state index contributed by atoms with van der Waals surface area (Å²) >= 11 is 0. The summed E-state index contributed by atoms with van der Waals surface area (Å²) < 4.78 is 11.3. The van der Waals surface area contributed by atoms with Crippen molar-refractivity contribution in [2.75, 3.05) is 13.2 Å². The Morgan fingerprint density at radius 1 is 0.493 bits per heavy atom. The Morgan fingerprint density at radius 3 is 1.25 bits per heavy atom. The van der Waals surface area contributed by atoms with Crippen molar-refractivity contribution in [1.29, 1.82) is 0 Å². The largest absolute Gasteiger partial charge is 0.394 e. The van der Waals surface area contributed by atoms with Crippen LogP contribution in [0, 0.1) is 0 Å². The summed E-state index contributed by atoms with van der Waals surface area (Å²) in [6.07, 6.45) is 53.9. The third-order valence-electron chi connectivity index (χ3n) is 14.0. The first kappa shape index (κ1) is 63.7. The van der Waals surface area contributed by atoms with Crippen LogP contribution < -0.4 is 5.32 Å². The van der Waals surface area contributed by atoms with Crippen LogP contribution >= 0.6 is 0 Å². The molecule has 0 aliphatic carbocycles. The van der Waals surface area contributed by atoms with E-state index in [-0.39, 0.29) is 12.5 Å². The summed E-state index contributed by atoms with van der Waals surface area (Å²) in [5, 5.41) is 54.5. The highest BCUT2D eigenvalue weighted by atomic mass is 16.7. The number of allylic oxidation sites excluding steroid dienone is 3. The smallest absolute Gasteiger partial charge is 0.220 e. The molecule has 6 N–H and O–H groups in total. The molecule has 0 aromatic rings. The second-order valence-electron chi connectivity index (χ2n) is 20.4. The van der Waals surface area contributed by atoms with Crippen molar-refractivity contribution in [3.8, 4) is 0 Å². The Balaban J connectivity index is 2.23. The van der Waals surface area contributed by atoms with E-state index in [1.54, 1.807) is 6.08 Å². The van der Waals surface area contributed by atoms with E-state index in [0.717, 1.165) is 38.5 Å². The number of ether oxygens (including phenoxy) is 2. The number of amides is 1. The lowest BCUT2D eigenvalue weighted by molar-refractivity contribution is -0.302. The first-order chi connectivity index (χ1) is 32.8. The monoisotopic (exact) mass is 950 g/mol. The molecule has 1 heterocycles. The number of aliphatic hydroxyl groups excluding tert-OH is 5. The molecule has 7 unspecified atom stereocenters. The van der Waals surface area contributed by atoms with Crippen molar-refractivity contribution in [2.24, 2.45) is 0 Å². The molecule has 0 aromatic carbocycles. The van der Waals surface area contributed by atoms with Gasteiger partial charge in [-0.2, -0.15) is 0 Å². The number of rotatable bonds is 50. The number of carbonyl (C=O) groups is 1. The van der Waals surface area contributed by atoms with Crippen LogP contribution in [0.25, 0.3) is 0 Å². The molecule has 9 nitrogen and oxygen atoms in total. The number of carbonyl (C=O) groups excluding carboxylic acids is 1. The maximum absolute atomic E-state index is 13.1. The van der Waals surface area contributed by atoms with Gasteiger partial charge in [-0.05, 0) is 32.1 Å². The van der Waals surface area contributed by atoms with Gasteiger partial charge in [0, 0.05) is 6.42 Å². The molecule has 0 saturated carbocycles. The standard InChI is InChI=1S/C58H111NO8/c1-3-5-7-9-11-13-15-17-19-21-23-25-26-27-28-30-32-34-36-38-40-42-44-46-48-54(62)59-51(50-66-58-57(65)56(64)55(63)53(49-60)67-58)52(61)47-45-43-41-39-37-35-33-31-29-24-22-20-18-16-14-12-10-8-6-4-2/h37,39,45,47,51-53,55-58,60-61,63-65H,3-36,38,40-44,46,48-50H2,1-2H3,(H,59,62)/b39-37+,47-45+. The Hall–Kier alpha value is -1.33. The fraction of sp³-hybridized carbons (Fsp3) is 0.914. The number of unbranched alkanes of at least 4 members (excludes halogenated alkanes) is 38. The zero-order chi connectivity index (χ0) is 48.7. The normalized spacial score (nSPS) is 19.8. The van der Waals surface area contributed by atoms with Crippen LogP contribution in [0.1, 0.15) is 284 Å². The summed E-state index contributed by atoms with van der Waals surface area (Å²) in [4.78, 5) is 13.1. The molecule has 0 bridgehead atoms. The molecule has 1 aliphatic heterocycles. The predicted octanol–water partition coefficient (Wildman–Crippen LogP) is 14.2. The van der Waals surface area contributed by atoms with E-state index >= 15 is 0 Å². The lowest BCUT2D eigenvalue weighted by atomic mass is 9.99. The minimum absolute atomic E-state index is 0.180. The third-order valence-corrected chi connectivity index (χ3v) is 14.0. The highest BCUT2D eigenvalue weighted by Crippen LogP contribution is 2.23. The van der Waals surface area contributed by atoms with Gasteiger partial charge in [0.25, 0.3) is 0 Å². The number of nitrogens with one attached hydrogen (secondary N) is 1. The van der Waals surface area contributed by atoms with Gasteiger partial charge in [0.1, 0.15) is 24.4 Å². The first-order valence-corrected chi connectivity index (χ1v) is 29.1. The molecule has 0 spiro atoms. The van der Waals surface area contributed by atoms with Crippen molar-refractivity contribution in [3.63, 3.8) is 0 Å². The van der Waals surface area contributed by atoms with E-state index in [0.29, 0.717) is 6.42 Å². The summed E-state index contributed by atoms with van der Waals surface area (Å²) in [6, 6.07) is -0.818. The third kappa shape index (κ3) is 38.1. The van der Waals surface area contributed by atoms with E-state index in [4.69, 9.17) is 9.47 Å². The summed E-state index contributed by atoms with van der Waals surface area (Å²) in [5.41, 5.74) is 0. The molecule has 0 radical (unpaired) electrons. The molecule has 7 atom stereocenters. The summed E-state index contributed by atoms with van der Waals surface area (Å²) in [6.45, 7) is 3.80. The van der Waals surface area contributed by atoms with Gasteiger partial charge in [-0.25, -0.2) is 0 Å². The van der Waals surface area contributed by atoms with E-state index in [2.05, 4.69) is 31.3 Å². The first-order valence-electron chi connectivity index (χ1n) is 29.1. The Bertz CT molecular complexity index is 1100. The van der Waals surface area contributed by atoms with Crippen LogP contribution in [0.2, 0.25) is 0 Å². The van der Waals surface area contributed by atoms with Crippen LogP contribution in [0.3, 0.4) is 0 Å². The van der Waals surface area contributed by atoms with Crippen LogP contribution in [0.15, 0.2) is 24.3 Å². The Morgan fingerprint density at radius 2 is 0.851 bits per heavy atom. The van der Waals surface area contributed by atoms with Crippen molar-refractivity contribution in [1.82, 2.24) is 5.32 Å². The topological polar surface area (TPSA) is 149 Å². The molecule has 0 aromatic heterocycles. The zero-order valence-electron chi connectivity index (χ0n) is 43.9. The lowest BCUT2D eigenvalue weighted by Crippen LogP contribution is -2.60. The molecule has 67 heavy (non-hydrogen) atoms. The van der Waals surface area contributed by atoms with Gasteiger partial charge >= 0.3 is 0 Å². The van der Waals surface area contributed by atoms with Gasteiger partial charge < -0.3 is 40.3 Å². The highest BCUT2D eigenvalue weighted by molar-refractivity contribution is 5.76. The quantitative estimate of drug-likeness (QED) is 0.0261. The Labute approximate surface area is 413 Å². The van der Waals surface area contributed by atoms with Gasteiger partial charge in [0.2, 0.25) is 5.91 Å². The highest BCUT2D eigenvalue weighted by Gasteiger charge is 2.44. The van der Waals surface area contributed by atoms with Crippen molar-refractivity contribution >= 4 is 5.91 Å². The second-order valence-corrected chi connectivity index (χ2v) is 20.4. The van der Waals surface area contributed by atoms with Crippen LogP contribution in [0.4, 0.5) is 0 Å². The van der Waals surface area contributed by atoms with E-state index in [1.165, 1.54) is 225 Å².